The van der Waals surface area contributed by atoms with E-state index in [1.54, 1.807) is 0 Å². The van der Waals surface area contributed by atoms with Crippen molar-refractivity contribution in [1.82, 2.24) is 4.90 Å². The summed E-state index contributed by atoms with van der Waals surface area (Å²) in [5.74, 6) is 2.98. The van der Waals surface area contributed by atoms with Crippen molar-refractivity contribution in [2.75, 3.05) is 32.5 Å². The summed E-state index contributed by atoms with van der Waals surface area (Å²) >= 11 is 0. The van der Waals surface area contributed by atoms with Gasteiger partial charge in [-0.3, -0.25) is 4.18 Å². The summed E-state index contributed by atoms with van der Waals surface area (Å²) in [4.78, 5) is 2.32. The molecule has 0 aliphatic carbocycles. The van der Waals surface area contributed by atoms with Crippen LogP contribution in [0.25, 0.3) is 0 Å². The molecule has 4 nitrogen and oxygen atoms in total. The molecule has 0 spiro atoms. The first kappa shape index (κ1) is 13.5. The minimum atomic E-state index is -3.29. The zero-order chi connectivity index (χ0) is 12.0. The molecule has 5 heteroatoms. The van der Waals surface area contributed by atoms with E-state index >= 15 is 0 Å². The topological polar surface area (TPSA) is 46.6 Å². The van der Waals surface area contributed by atoms with E-state index in [2.05, 4.69) is 10.8 Å². The highest BCUT2D eigenvalue weighted by Crippen LogP contribution is 2.18. The van der Waals surface area contributed by atoms with Gasteiger partial charge in [-0.1, -0.05) is 0 Å². The predicted molar refractivity (Wildman–Crippen MR) is 63.4 cm³/mol. The molecule has 1 saturated heterocycles. The molecule has 0 unspecified atom stereocenters. The lowest BCUT2D eigenvalue weighted by Crippen LogP contribution is -2.35. The van der Waals surface area contributed by atoms with Gasteiger partial charge in [0, 0.05) is 13.0 Å². The molecule has 0 saturated carbocycles. The van der Waals surface area contributed by atoms with Crippen LogP contribution in [0.15, 0.2) is 0 Å². The Bertz CT molecular complexity index is 337. The molecule has 0 aromatic carbocycles. The standard InChI is InChI=1S/C11H19NO3S/c1-3-4-7-12-8-5-11(6-9-12)10-15-16(2,13)14/h1,11H,4-10H2,2H3. The molecule has 1 fully saturated rings. The Balaban J connectivity index is 2.20. The summed E-state index contributed by atoms with van der Waals surface area (Å²) in [5, 5.41) is 0. The molecule has 1 aliphatic heterocycles. The SMILES string of the molecule is C#CCCN1CCC(COS(C)(=O)=O)CC1. The lowest BCUT2D eigenvalue weighted by atomic mass is 9.98. The molecule has 1 aliphatic rings. The van der Waals surface area contributed by atoms with Gasteiger partial charge < -0.3 is 4.90 Å². The van der Waals surface area contributed by atoms with Crippen molar-refractivity contribution in [2.45, 2.75) is 19.3 Å². The Kier molecular flexibility index (Phi) is 5.26. The zero-order valence-corrected chi connectivity index (χ0v) is 10.5. The molecule has 0 bridgehead atoms. The molecule has 0 amide bonds. The fourth-order valence-electron chi connectivity index (χ4n) is 1.82. The van der Waals surface area contributed by atoms with Crippen molar-refractivity contribution in [3.63, 3.8) is 0 Å². The van der Waals surface area contributed by atoms with Crippen LogP contribution < -0.4 is 0 Å². The van der Waals surface area contributed by atoms with Gasteiger partial charge in [-0.25, -0.2) is 0 Å². The van der Waals surface area contributed by atoms with Crippen molar-refractivity contribution >= 4 is 10.1 Å². The molecule has 1 heterocycles. The number of terminal acetylenes is 1. The van der Waals surface area contributed by atoms with Gasteiger partial charge in [0.15, 0.2) is 0 Å². The van der Waals surface area contributed by atoms with E-state index in [0.717, 1.165) is 45.2 Å². The predicted octanol–water partition coefficient (Wildman–Crippen LogP) is 0.698. The van der Waals surface area contributed by atoms with E-state index in [1.807, 2.05) is 0 Å². The highest BCUT2D eigenvalue weighted by molar-refractivity contribution is 7.85. The maximum absolute atomic E-state index is 10.8. The molecule has 0 atom stereocenters. The van der Waals surface area contributed by atoms with Gasteiger partial charge in [-0.2, -0.15) is 8.42 Å². The molecule has 1 rings (SSSR count). The molecular weight excluding hydrogens is 226 g/mol. The molecule has 16 heavy (non-hydrogen) atoms. The molecule has 0 radical (unpaired) electrons. The molecule has 0 N–H and O–H groups in total. The van der Waals surface area contributed by atoms with E-state index in [4.69, 9.17) is 10.6 Å². The highest BCUT2D eigenvalue weighted by Gasteiger charge is 2.20. The van der Waals surface area contributed by atoms with Gasteiger partial charge in [-0.15, -0.1) is 12.3 Å². The maximum atomic E-state index is 10.8. The van der Waals surface area contributed by atoms with Crippen molar-refractivity contribution in [1.29, 1.82) is 0 Å². The van der Waals surface area contributed by atoms with Crippen molar-refractivity contribution in [2.24, 2.45) is 5.92 Å². The van der Waals surface area contributed by atoms with E-state index in [0.29, 0.717) is 12.5 Å². The third kappa shape index (κ3) is 5.50. The molecule has 92 valence electrons. The summed E-state index contributed by atoms with van der Waals surface area (Å²) < 4.78 is 26.5. The number of hydrogen-bond acceptors (Lipinski definition) is 4. The van der Waals surface area contributed by atoms with E-state index < -0.39 is 10.1 Å². The Labute approximate surface area is 98.1 Å². The van der Waals surface area contributed by atoms with Crippen LogP contribution in [0.3, 0.4) is 0 Å². The van der Waals surface area contributed by atoms with Gasteiger partial charge >= 0.3 is 0 Å². The van der Waals surface area contributed by atoms with E-state index in [9.17, 15) is 8.42 Å². The van der Waals surface area contributed by atoms with E-state index in [1.165, 1.54) is 0 Å². The zero-order valence-electron chi connectivity index (χ0n) is 9.68. The molecule has 0 aromatic rings. The van der Waals surface area contributed by atoms with Gasteiger partial charge in [0.2, 0.25) is 0 Å². The first-order valence-corrected chi connectivity index (χ1v) is 7.33. The van der Waals surface area contributed by atoms with Gasteiger partial charge in [0.25, 0.3) is 10.1 Å². The summed E-state index contributed by atoms with van der Waals surface area (Å²) in [6.07, 6.45) is 9.05. The summed E-state index contributed by atoms with van der Waals surface area (Å²) in [6.45, 7) is 3.23. The summed E-state index contributed by atoms with van der Waals surface area (Å²) in [7, 11) is -3.29. The van der Waals surface area contributed by atoms with Gasteiger partial charge in [0.05, 0.1) is 12.9 Å². The van der Waals surface area contributed by atoms with E-state index in [-0.39, 0.29) is 0 Å². The Morgan fingerprint density at radius 2 is 2.06 bits per heavy atom. The maximum Gasteiger partial charge on any atom is 0.264 e. The Morgan fingerprint density at radius 1 is 1.44 bits per heavy atom. The first-order valence-electron chi connectivity index (χ1n) is 5.51. The third-order valence-corrected chi connectivity index (χ3v) is 3.36. The number of hydrogen-bond donors (Lipinski definition) is 0. The van der Waals surface area contributed by atoms with Crippen LogP contribution in [-0.2, 0) is 14.3 Å². The van der Waals surface area contributed by atoms with Crippen molar-refractivity contribution in [3.8, 4) is 12.3 Å². The second kappa shape index (κ2) is 6.24. The Morgan fingerprint density at radius 3 is 2.56 bits per heavy atom. The van der Waals surface area contributed by atoms with Crippen LogP contribution in [0.2, 0.25) is 0 Å². The number of likely N-dealkylation sites (tertiary alicyclic amines) is 1. The van der Waals surface area contributed by atoms with Crippen LogP contribution in [0, 0.1) is 18.3 Å². The van der Waals surface area contributed by atoms with Crippen LogP contribution >= 0.6 is 0 Å². The Hall–Kier alpha value is -0.570. The lowest BCUT2D eigenvalue weighted by molar-refractivity contribution is 0.146. The first-order chi connectivity index (χ1) is 7.51. The molecule has 0 aromatic heterocycles. The average molecular weight is 245 g/mol. The fraction of sp³-hybridized carbons (Fsp3) is 0.818. The van der Waals surface area contributed by atoms with Crippen LogP contribution in [0.5, 0.6) is 0 Å². The second-order valence-electron chi connectivity index (χ2n) is 4.23. The lowest BCUT2D eigenvalue weighted by Gasteiger charge is -2.31. The van der Waals surface area contributed by atoms with Crippen molar-refractivity contribution < 1.29 is 12.6 Å². The number of piperidine rings is 1. The quantitative estimate of drug-likeness (QED) is 0.528. The monoisotopic (exact) mass is 245 g/mol. The third-order valence-electron chi connectivity index (χ3n) is 2.80. The molecular formula is C11H19NO3S. The minimum absolute atomic E-state index is 0.321. The smallest absolute Gasteiger partial charge is 0.264 e. The summed E-state index contributed by atoms with van der Waals surface area (Å²) in [5.41, 5.74) is 0. The van der Waals surface area contributed by atoms with Gasteiger partial charge in [0.1, 0.15) is 0 Å². The summed E-state index contributed by atoms with van der Waals surface area (Å²) in [6, 6.07) is 0. The largest absolute Gasteiger partial charge is 0.302 e. The fourth-order valence-corrected chi connectivity index (χ4v) is 2.26. The minimum Gasteiger partial charge on any atom is -0.302 e. The number of nitrogens with zero attached hydrogens (tertiary/aromatic N) is 1. The van der Waals surface area contributed by atoms with Crippen LogP contribution in [0.1, 0.15) is 19.3 Å². The van der Waals surface area contributed by atoms with Gasteiger partial charge in [-0.05, 0) is 31.8 Å². The van der Waals surface area contributed by atoms with Crippen LogP contribution in [-0.4, -0.2) is 45.8 Å². The van der Waals surface area contributed by atoms with Crippen molar-refractivity contribution in [3.05, 3.63) is 0 Å². The van der Waals surface area contributed by atoms with Crippen LogP contribution in [0.4, 0.5) is 0 Å². The average Bonchev–Trinajstić information content (AvgIpc) is 2.24. The highest BCUT2D eigenvalue weighted by atomic mass is 32.2. The number of rotatable bonds is 5. The normalized spacial score (nSPS) is 19.5. The second-order valence-corrected chi connectivity index (χ2v) is 5.87.